The number of rotatable bonds is 3. The van der Waals surface area contributed by atoms with Gasteiger partial charge in [-0.3, -0.25) is 0 Å². The molecule has 1 fully saturated rings. The Morgan fingerprint density at radius 2 is 2.29 bits per heavy atom. The number of nitrogens with zero attached hydrogens (tertiary/aromatic N) is 1. The fourth-order valence-corrected chi connectivity index (χ4v) is 2.31. The van der Waals surface area contributed by atoms with Crippen molar-refractivity contribution in [3.8, 4) is 0 Å². The highest BCUT2D eigenvalue weighted by molar-refractivity contribution is 5.79. The lowest BCUT2D eigenvalue weighted by atomic mass is 10.1. The Balaban J connectivity index is 1.68. The maximum Gasteiger partial charge on any atom is 0.137 e. The number of hydrogen-bond donors (Lipinski definition) is 2. The molecule has 90 valence electrons. The third-order valence-corrected chi connectivity index (χ3v) is 3.34. The van der Waals surface area contributed by atoms with Crippen LogP contribution in [0.3, 0.4) is 0 Å². The summed E-state index contributed by atoms with van der Waals surface area (Å²) in [7, 11) is 0. The molecule has 0 spiro atoms. The fourth-order valence-electron chi connectivity index (χ4n) is 2.31. The van der Waals surface area contributed by atoms with Gasteiger partial charge in [0, 0.05) is 43.6 Å². The van der Waals surface area contributed by atoms with Crippen LogP contribution < -0.4 is 5.32 Å². The molecule has 0 aliphatic carbocycles. The molecule has 0 unspecified atom stereocenters. The van der Waals surface area contributed by atoms with Crippen molar-refractivity contribution in [2.24, 2.45) is 0 Å². The summed E-state index contributed by atoms with van der Waals surface area (Å²) in [4.78, 5) is 7.49. The molecule has 1 aliphatic rings. The Labute approximate surface area is 100 Å². The van der Waals surface area contributed by atoms with E-state index in [4.69, 9.17) is 4.74 Å². The van der Waals surface area contributed by atoms with Gasteiger partial charge in [-0.05, 0) is 30.5 Å². The number of ether oxygens (including phenoxy) is 1. The SMILES string of the molecule is c1cnc2[nH]cc(CNC3CCOCC3)c2c1. The lowest BCUT2D eigenvalue weighted by molar-refractivity contribution is 0.0776. The van der Waals surface area contributed by atoms with Crippen molar-refractivity contribution in [2.45, 2.75) is 25.4 Å². The minimum atomic E-state index is 0.588. The van der Waals surface area contributed by atoms with Crippen LogP contribution in [0.5, 0.6) is 0 Å². The summed E-state index contributed by atoms with van der Waals surface area (Å²) < 4.78 is 5.35. The summed E-state index contributed by atoms with van der Waals surface area (Å²) in [6.07, 6.45) is 6.08. The monoisotopic (exact) mass is 231 g/mol. The quantitative estimate of drug-likeness (QED) is 0.847. The van der Waals surface area contributed by atoms with E-state index in [-0.39, 0.29) is 0 Å². The Kier molecular flexibility index (Phi) is 3.07. The van der Waals surface area contributed by atoms with Crippen LogP contribution in [0.1, 0.15) is 18.4 Å². The zero-order valence-electron chi connectivity index (χ0n) is 9.78. The summed E-state index contributed by atoms with van der Waals surface area (Å²) in [5, 5.41) is 4.80. The van der Waals surface area contributed by atoms with Gasteiger partial charge in [0.25, 0.3) is 0 Å². The number of fused-ring (bicyclic) bond motifs is 1. The van der Waals surface area contributed by atoms with Crippen LogP contribution in [0.2, 0.25) is 0 Å². The van der Waals surface area contributed by atoms with E-state index in [0.29, 0.717) is 6.04 Å². The zero-order valence-corrected chi connectivity index (χ0v) is 9.78. The van der Waals surface area contributed by atoms with Crippen molar-refractivity contribution in [1.82, 2.24) is 15.3 Å². The average Bonchev–Trinajstić information content (AvgIpc) is 2.81. The lowest BCUT2D eigenvalue weighted by Crippen LogP contribution is -2.34. The predicted octanol–water partition coefficient (Wildman–Crippen LogP) is 1.83. The number of H-pyrrole nitrogens is 1. The van der Waals surface area contributed by atoms with E-state index in [1.807, 2.05) is 18.5 Å². The van der Waals surface area contributed by atoms with Crippen LogP contribution in [-0.4, -0.2) is 29.2 Å². The third kappa shape index (κ3) is 2.33. The number of aromatic amines is 1. The van der Waals surface area contributed by atoms with Gasteiger partial charge in [-0.2, -0.15) is 0 Å². The molecule has 0 amide bonds. The van der Waals surface area contributed by atoms with Crippen molar-refractivity contribution in [2.75, 3.05) is 13.2 Å². The molecule has 2 aromatic rings. The average molecular weight is 231 g/mol. The van der Waals surface area contributed by atoms with Crippen molar-refractivity contribution < 1.29 is 4.74 Å². The first kappa shape index (κ1) is 10.7. The first-order valence-electron chi connectivity index (χ1n) is 6.15. The minimum Gasteiger partial charge on any atom is -0.381 e. The van der Waals surface area contributed by atoms with Gasteiger partial charge < -0.3 is 15.0 Å². The Bertz CT molecular complexity index is 488. The summed E-state index contributed by atoms with van der Waals surface area (Å²) in [6, 6.07) is 4.68. The summed E-state index contributed by atoms with van der Waals surface area (Å²) in [6.45, 7) is 2.66. The van der Waals surface area contributed by atoms with Gasteiger partial charge in [0.2, 0.25) is 0 Å². The fraction of sp³-hybridized carbons (Fsp3) is 0.462. The molecular weight excluding hydrogens is 214 g/mol. The number of nitrogens with one attached hydrogen (secondary N) is 2. The van der Waals surface area contributed by atoms with E-state index in [1.165, 1.54) is 10.9 Å². The summed E-state index contributed by atoms with van der Waals surface area (Å²) in [5.74, 6) is 0. The molecule has 1 saturated heterocycles. The summed E-state index contributed by atoms with van der Waals surface area (Å²) >= 11 is 0. The molecule has 3 rings (SSSR count). The van der Waals surface area contributed by atoms with E-state index in [1.54, 1.807) is 0 Å². The van der Waals surface area contributed by atoms with Crippen molar-refractivity contribution in [3.63, 3.8) is 0 Å². The smallest absolute Gasteiger partial charge is 0.137 e. The third-order valence-electron chi connectivity index (χ3n) is 3.34. The molecule has 0 radical (unpaired) electrons. The molecule has 4 heteroatoms. The second kappa shape index (κ2) is 4.85. The molecule has 0 bridgehead atoms. The first-order chi connectivity index (χ1) is 8.43. The van der Waals surface area contributed by atoms with Gasteiger partial charge in [0.15, 0.2) is 0 Å². The standard InChI is InChI=1S/C13H17N3O/c1-2-12-10(9-16-13(12)14-5-1)8-15-11-3-6-17-7-4-11/h1-2,5,9,11,15H,3-4,6-8H2,(H,14,16). The van der Waals surface area contributed by atoms with Gasteiger partial charge >= 0.3 is 0 Å². The molecule has 1 aliphatic heterocycles. The molecule has 0 atom stereocenters. The molecule has 2 aromatic heterocycles. The molecule has 3 heterocycles. The minimum absolute atomic E-state index is 0.588. The van der Waals surface area contributed by atoms with Crippen molar-refractivity contribution >= 4 is 11.0 Å². The van der Waals surface area contributed by atoms with Gasteiger partial charge in [-0.25, -0.2) is 4.98 Å². The molecule has 0 aromatic carbocycles. The Hall–Kier alpha value is -1.39. The van der Waals surface area contributed by atoms with Crippen LogP contribution in [-0.2, 0) is 11.3 Å². The molecule has 4 nitrogen and oxygen atoms in total. The van der Waals surface area contributed by atoms with Crippen LogP contribution in [0.15, 0.2) is 24.5 Å². The first-order valence-corrected chi connectivity index (χ1v) is 6.15. The van der Waals surface area contributed by atoms with Crippen LogP contribution in [0, 0.1) is 0 Å². The maximum atomic E-state index is 5.35. The van der Waals surface area contributed by atoms with E-state index in [2.05, 4.69) is 21.4 Å². The highest BCUT2D eigenvalue weighted by Gasteiger charge is 2.13. The second-order valence-corrected chi connectivity index (χ2v) is 4.48. The Morgan fingerprint density at radius 1 is 1.41 bits per heavy atom. The van der Waals surface area contributed by atoms with E-state index >= 15 is 0 Å². The summed E-state index contributed by atoms with van der Waals surface area (Å²) in [5.41, 5.74) is 2.26. The highest BCUT2D eigenvalue weighted by Crippen LogP contribution is 2.16. The van der Waals surface area contributed by atoms with Crippen LogP contribution >= 0.6 is 0 Å². The van der Waals surface area contributed by atoms with E-state index in [9.17, 15) is 0 Å². The topological polar surface area (TPSA) is 49.9 Å². The van der Waals surface area contributed by atoms with Crippen LogP contribution in [0.25, 0.3) is 11.0 Å². The van der Waals surface area contributed by atoms with E-state index < -0.39 is 0 Å². The molecular formula is C13H17N3O. The van der Waals surface area contributed by atoms with Gasteiger partial charge in [0.05, 0.1) is 0 Å². The van der Waals surface area contributed by atoms with Gasteiger partial charge in [-0.1, -0.05) is 0 Å². The number of pyridine rings is 1. The largest absolute Gasteiger partial charge is 0.381 e. The number of aromatic nitrogens is 2. The maximum absolute atomic E-state index is 5.35. The van der Waals surface area contributed by atoms with Gasteiger partial charge in [-0.15, -0.1) is 0 Å². The van der Waals surface area contributed by atoms with Gasteiger partial charge in [0.1, 0.15) is 5.65 Å². The lowest BCUT2D eigenvalue weighted by Gasteiger charge is -2.23. The Morgan fingerprint density at radius 3 is 3.18 bits per heavy atom. The molecule has 2 N–H and O–H groups in total. The second-order valence-electron chi connectivity index (χ2n) is 4.48. The normalized spacial score (nSPS) is 17.6. The van der Waals surface area contributed by atoms with E-state index in [0.717, 1.165) is 38.2 Å². The van der Waals surface area contributed by atoms with Crippen molar-refractivity contribution in [3.05, 3.63) is 30.1 Å². The highest BCUT2D eigenvalue weighted by atomic mass is 16.5. The number of hydrogen-bond acceptors (Lipinski definition) is 3. The molecule has 17 heavy (non-hydrogen) atoms. The van der Waals surface area contributed by atoms with Crippen LogP contribution in [0.4, 0.5) is 0 Å². The zero-order chi connectivity index (χ0) is 11.5. The van der Waals surface area contributed by atoms with Crippen molar-refractivity contribution in [1.29, 1.82) is 0 Å². The predicted molar refractivity (Wildman–Crippen MR) is 66.8 cm³/mol. The molecule has 0 saturated carbocycles.